The maximum Gasteiger partial charge on any atom is 0.266 e. The van der Waals surface area contributed by atoms with E-state index in [9.17, 15) is 20.0 Å². The summed E-state index contributed by atoms with van der Waals surface area (Å²) in [4.78, 5) is 23.7. The number of fused-ring (bicyclic) bond motifs is 1. The Morgan fingerprint density at radius 2 is 1.75 bits per heavy atom. The summed E-state index contributed by atoms with van der Waals surface area (Å²) in [5.74, 6) is -1.97. The van der Waals surface area contributed by atoms with Crippen molar-refractivity contribution in [3.8, 4) is 6.07 Å². The lowest BCUT2D eigenvalue weighted by Crippen LogP contribution is -2.22. The van der Waals surface area contributed by atoms with Crippen molar-refractivity contribution >= 4 is 34.5 Å². The molecule has 0 saturated carbocycles. The first-order valence-electron chi connectivity index (χ1n) is 9.91. The average molecular weight is 420 g/mol. The van der Waals surface area contributed by atoms with Gasteiger partial charge < -0.3 is 19.8 Å². The highest BCUT2D eigenvalue weighted by Crippen LogP contribution is 2.25. The summed E-state index contributed by atoms with van der Waals surface area (Å²) in [5, 5.41) is 24.1. The number of nitrogens with zero attached hydrogens (tertiary/aromatic N) is 2. The van der Waals surface area contributed by atoms with Gasteiger partial charge in [0.1, 0.15) is 11.6 Å². The van der Waals surface area contributed by atoms with Gasteiger partial charge in [0.25, 0.3) is 5.91 Å². The molecule has 0 atom stereocenters. The summed E-state index contributed by atoms with van der Waals surface area (Å²) in [6.45, 7) is 0.652. The number of aromatic carboxylic acids is 1. The number of para-hydroxylation sites is 1. The van der Waals surface area contributed by atoms with Crippen molar-refractivity contribution in [2.24, 2.45) is 0 Å². The number of rotatable bonds is 6. The third-order valence-electron chi connectivity index (χ3n) is 5.04. The second-order valence-electron chi connectivity index (χ2n) is 7.21. The van der Waals surface area contributed by atoms with E-state index in [1.54, 1.807) is 12.1 Å². The molecule has 0 aliphatic heterocycles. The van der Waals surface area contributed by atoms with Crippen molar-refractivity contribution in [3.05, 3.63) is 107 Å². The van der Waals surface area contributed by atoms with Gasteiger partial charge in [-0.25, -0.2) is 0 Å². The largest absolute Gasteiger partial charge is 0.545 e. The Bertz CT molecular complexity index is 1380. The number of carboxylic acid groups (broad SMARTS) is 1. The molecule has 0 aliphatic rings. The Kier molecular flexibility index (Phi) is 5.82. The molecule has 6 heteroatoms. The van der Waals surface area contributed by atoms with Crippen LogP contribution in [0.1, 0.15) is 21.5 Å². The standard InChI is InChI=1S/C26H19N3O3/c27-15-20(25(30)28-22-10-6-9-19(14-22)26(31)32)13-21-17-29(16-18-7-2-1-3-8-18)24-12-5-4-11-23(21)24/h1-14,17H,16H2,(H,28,30)(H,31,32)/p-1/b20-13+. The first kappa shape index (κ1) is 20.6. The highest BCUT2D eigenvalue weighted by Gasteiger charge is 2.13. The van der Waals surface area contributed by atoms with E-state index in [-0.39, 0.29) is 16.8 Å². The molecule has 0 unspecified atom stereocenters. The Balaban J connectivity index is 1.66. The molecule has 0 spiro atoms. The minimum absolute atomic E-state index is 0.0609. The molecule has 1 amide bonds. The van der Waals surface area contributed by atoms with E-state index in [1.807, 2.05) is 66.9 Å². The first-order chi connectivity index (χ1) is 15.5. The molecular formula is C26H18N3O3-. The van der Waals surface area contributed by atoms with E-state index in [4.69, 9.17) is 0 Å². The molecule has 0 bridgehead atoms. The minimum Gasteiger partial charge on any atom is -0.545 e. The molecule has 0 aliphatic carbocycles. The maximum absolute atomic E-state index is 12.7. The Morgan fingerprint density at radius 1 is 1.00 bits per heavy atom. The molecular weight excluding hydrogens is 402 g/mol. The van der Waals surface area contributed by atoms with Crippen molar-refractivity contribution < 1.29 is 14.7 Å². The Morgan fingerprint density at radius 3 is 2.50 bits per heavy atom. The number of amides is 1. The third kappa shape index (κ3) is 4.42. The summed E-state index contributed by atoms with van der Waals surface area (Å²) in [6.07, 6.45) is 3.46. The van der Waals surface area contributed by atoms with E-state index < -0.39 is 11.9 Å². The molecule has 1 heterocycles. The van der Waals surface area contributed by atoms with Gasteiger partial charge in [0.15, 0.2) is 0 Å². The molecule has 4 aromatic rings. The highest BCUT2D eigenvalue weighted by molar-refractivity contribution is 6.11. The van der Waals surface area contributed by atoms with Gasteiger partial charge in [-0.05, 0) is 35.4 Å². The predicted molar refractivity (Wildman–Crippen MR) is 120 cm³/mol. The molecule has 156 valence electrons. The molecule has 1 N–H and O–H groups in total. The topological polar surface area (TPSA) is 98.0 Å². The van der Waals surface area contributed by atoms with Crippen LogP contribution in [0.3, 0.4) is 0 Å². The minimum atomic E-state index is -1.34. The summed E-state index contributed by atoms with van der Waals surface area (Å²) in [7, 11) is 0. The number of carbonyl (C=O) groups excluding carboxylic acids is 2. The van der Waals surface area contributed by atoms with E-state index in [1.165, 1.54) is 18.2 Å². The first-order valence-corrected chi connectivity index (χ1v) is 9.91. The number of benzene rings is 3. The highest BCUT2D eigenvalue weighted by atomic mass is 16.4. The molecule has 0 fully saturated rings. The molecule has 0 saturated heterocycles. The number of hydrogen-bond acceptors (Lipinski definition) is 4. The van der Waals surface area contributed by atoms with Gasteiger partial charge in [-0.2, -0.15) is 5.26 Å². The van der Waals surface area contributed by atoms with E-state index in [0.717, 1.165) is 22.0 Å². The van der Waals surface area contributed by atoms with Gasteiger partial charge in [0, 0.05) is 34.9 Å². The van der Waals surface area contributed by atoms with Gasteiger partial charge in [-0.15, -0.1) is 0 Å². The predicted octanol–water partition coefficient (Wildman–Crippen LogP) is 3.60. The van der Waals surface area contributed by atoms with Crippen LogP contribution in [0.25, 0.3) is 17.0 Å². The van der Waals surface area contributed by atoms with Crippen molar-refractivity contribution in [2.75, 3.05) is 5.32 Å². The second kappa shape index (κ2) is 9.02. The average Bonchev–Trinajstić information content (AvgIpc) is 3.15. The number of anilines is 1. The lowest BCUT2D eigenvalue weighted by atomic mass is 10.1. The number of nitriles is 1. The molecule has 4 rings (SSSR count). The zero-order chi connectivity index (χ0) is 22.5. The van der Waals surface area contributed by atoms with Crippen LogP contribution >= 0.6 is 0 Å². The zero-order valence-electron chi connectivity index (χ0n) is 17.0. The van der Waals surface area contributed by atoms with E-state index in [0.29, 0.717) is 6.54 Å². The van der Waals surface area contributed by atoms with Crippen LogP contribution in [0, 0.1) is 11.3 Å². The van der Waals surface area contributed by atoms with Crippen molar-refractivity contribution in [3.63, 3.8) is 0 Å². The number of carboxylic acids is 1. The van der Waals surface area contributed by atoms with Crippen molar-refractivity contribution in [2.45, 2.75) is 6.54 Å². The van der Waals surface area contributed by atoms with Crippen LogP contribution in [-0.2, 0) is 11.3 Å². The summed E-state index contributed by atoms with van der Waals surface area (Å²) < 4.78 is 2.08. The van der Waals surface area contributed by atoms with Gasteiger partial charge in [0.05, 0.1) is 5.97 Å². The van der Waals surface area contributed by atoms with E-state index >= 15 is 0 Å². The number of nitrogens with one attached hydrogen (secondary N) is 1. The number of carbonyl (C=O) groups is 2. The maximum atomic E-state index is 12.7. The zero-order valence-corrected chi connectivity index (χ0v) is 17.0. The molecule has 1 aromatic heterocycles. The lowest BCUT2D eigenvalue weighted by Gasteiger charge is -2.07. The third-order valence-corrected chi connectivity index (χ3v) is 5.04. The summed E-state index contributed by atoms with van der Waals surface area (Å²) in [6, 6.07) is 25.4. The molecule has 32 heavy (non-hydrogen) atoms. The second-order valence-corrected chi connectivity index (χ2v) is 7.21. The number of aromatic nitrogens is 1. The van der Waals surface area contributed by atoms with Gasteiger partial charge in [-0.1, -0.05) is 60.7 Å². The van der Waals surface area contributed by atoms with Crippen LogP contribution < -0.4 is 10.4 Å². The monoisotopic (exact) mass is 420 g/mol. The lowest BCUT2D eigenvalue weighted by molar-refractivity contribution is -0.255. The van der Waals surface area contributed by atoms with Crippen molar-refractivity contribution in [1.82, 2.24) is 4.57 Å². The molecule has 3 aromatic carbocycles. The number of hydrogen-bond donors (Lipinski definition) is 1. The van der Waals surface area contributed by atoms with Gasteiger partial charge in [0.2, 0.25) is 0 Å². The van der Waals surface area contributed by atoms with Crippen LogP contribution in [0.15, 0.2) is 90.6 Å². The van der Waals surface area contributed by atoms with Gasteiger partial charge >= 0.3 is 0 Å². The van der Waals surface area contributed by atoms with Crippen LogP contribution in [0.4, 0.5) is 5.69 Å². The molecule has 6 nitrogen and oxygen atoms in total. The molecule has 0 radical (unpaired) electrons. The van der Waals surface area contributed by atoms with E-state index in [2.05, 4.69) is 9.88 Å². The Labute approximate surface area is 184 Å². The van der Waals surface area contributed by atoms with Gasteiger partial charge in [-0.3, -0.25) is 4.79 Å². The normalized spacial score (nSPS) is 11.2. The Hall–Kier alpha value is -4.63. The van der Waals surface area contributed by atoms with Crippen LogP contribution in [-0.4, -0.2) is 16.4 Å². The SMILES string of the molecule is N#C/C(=C\c1cn(Cc2ccccc2)c2ccccc12)C(=O)Nc1cccc(C(=O)[O-])c1. The van der Waals surface area contributed by atoms with Crippen LogP contribution in [0.5, 0.6) is 0 Å². The summed E-state index contributed by atoms with van der Waals surface area (Å²) >= 11 is 0. The van der Waals surface area contributed by atoms with Crippen molar-refractivity contribution in [1.29, 1.82) is 5.26 Å². The fourth-order valence-electron chi connectivity index (χ4n) is 3.53. The fourth-order valence-corrected chi connectivity index (χ4v) is 3.53. The smallest absolute Gasteiger partial charge is 0.266 e. The quantitative estimate of drug-likeness (QED) is 0.381. The summed E-state index contributed by atoms with van der Waals surface area (Å²) in [5.41, 5.74) is 2.98. The fraction of sp³-hybridized carbons (Fsp3) is 0.0385. The van der Waals surface area contributed by atoms with Crippen LogP contribution in [0.2, 0.25) is 0 Å².